The monoisotopic (exact) mass is 304 g/mol. The third-order valence-corrected chi connectivity index (χ3v) is 3.14. The van der Waals surface area contributed by atoms with Crippen LogP contribution in [0.4, 0.5) is 13.2 Å². The number of para-hydroxylation sites is 1. The molecule has 1 aromatic carbocycles. The molecule has 20 heavy (non-hydrogen) atoms. The van der Waals surface area contributed by atoms with E-state index in [1.54, 1.807) is 0 Å². The Bertz CT molecular complexity index is 702. The van der Waals surface area contributed by atoms with E-state index in [2.05, 4.69) is 14.2 Å². The maximum atomic E-state index is 12.3. The van der Waals surface area contributed by atoms with Crippen LogP contribution < -0.4 is 4.18 Å². The maximum Gasteiger partial charge on any atom is 0.534 e. The molecule has 5 nitrogen and oxygen atoms in total. The average molecular weight is 304 g/mol. The lowest BCUT2D eigenvalue weighted by molar-refractivity contribution is -0.0499. The fourth-order valence-corrected chi connectivity index (χ4v) is 1.80. The largest absolute Gasteiger partial charge is 0.534 e. The number of aromatic nitrogens is 2. The van der Waals surface area contributed by atoms with Crippen LogP contribution in [0.2, 0.25) is 0 Å². The van der Waals surface area contributed by atoms with E-state index in [1.807, 2.05) is 0 Å². The summed E-state index contributed by atoms with van der Waals surface area (Å²) in [6, 6.07) is 6.80. The second-order valence-electron chi connectivity index (χ2n) is 3.55. The fraction of sp³-hybridized carbons (Fsp3) is 0.0909. The van der Waals surface area contributed by atoms with Gasteiger partial charge >= 0.3 is 15.6 Å². The summed E-state index contributed by atoms with van der Waals surface area (Å²) in [5, 5.41) is 0. The van der Waals surface area contributed by atoms with Crippen LogP contribution in [0.1, 0.15) is 0 Å². The predicted molar refractivity (Wildman–Crippen MR) is 63.1 cm³/mol. The summed E-state index contributed by atoms with van der Waals surface area (Å²) in [4.78, 5) is 7.67. The van der Waals surface area contributed by atoms with E-state index in [0.717, 1.165) is 6.07 Å². The smallest absolute Gasteiger partial charge is 0.375 e. The van der Waals surface area contributed by atoms with Crippen molar-refractivity contribution in [2.24, 2.45) is 0 Å². The normalized spacial score (nSPS) is 12.2. The van der Waals surface area contributed by atoms with Crippen LogP contribution in [0, 0.1) is 0 Å². The van der Waals surface area contributed by atoms with E-state index in [4.69, 9.17) is 0 Å². The van der Waals surface area contributed by atoms with Crippen LogP contribution in [0.25, 0.3) is 11.4 Å². The first-order valence-electron chi connectivity index (χ1n) is 5.18. The lowest BCUT2D eigenvalue weighted by Gasteiger charge is -2.11. The third kappa shape index (κ3) is 2.87. The van der Waals surface area contributed by atoms with Gasteiger partial charge in [-0.05, 0) is 18.2 Å². The number of hydrogen-bond donors (Lipinski definition) is 0. The van der Waals surface area contributed by atoms with E-state index < -0.39 is 21.4 Å². The van der Waals surface area contributed by atoms with Crippen molar-refractivity contribution in [1.82, 2.24) is 9.97 Å². The first-order valence-corrected chi connectivity index (χ1v) is 6.59. The first kappa shape index (κ1) is 14.3. The van der Waals surface area contributed by atoms with Crippen molar-refractivity contribution in [3.05, 3.63) is 42.7 Å². The zero-order valence-corrected chi connectivity index (χ0v) is 10.5. The molecule has 0 spiro atoms. The summed E-state index contributed by atoms with van der Waals surface area (Å²) in [5.74, 6) is -0.434. The minimum atomic E-state index is -5.74. The highest BCUT2D eigenvalue weighted by Gasteiger charge is 2.48. The van der Waals surface area contributed by atoms with Crippen LogP contribution in [-0.4, -0.2) is 23.9 Å². The summed E-state index contributed by atoms with van der Waals surface area (Å²) < 4.78 is 63.1. The Kier molecular flexibility index (Phi) is 3.62. The van der Waals surface area contributed by atoms with Gasteiger partial charge in [-0.2, -0.15) is 21.6 Å². The lowest BCUT2D eigenvalue weighted by Crippen LogP contribution is -2.28. The Labute approximate surface area is 112 Å². The predicted octanol–water partition coefficient (Wildman–Crippen LogP) is 2.37. The molecule has 0 aliphatic rings. The Hall–Kier alpha value is -2.16. The molecule has 0 radical (unpaired) electrons. The molecule has 0 fully saturated rings. The minimum absolute atomic E-state index is 0.0425. The van der Waals surface area contributed by atoms with Crippen LogP contribution in [0.15, 0.2) is 42.7 Å². The Morgan fingerprint density at radius 2 is 1.60 bits per heavy atom. The molecule has 1 heterocycles. The van der Waals surface area contributed by atoms with E-state index in [-0.39, 0.29) is 11.4 Å². The summed E-state index contributed by atoms with van der Waals surface area (Å²) in [5.41, 5.74) is -5.46. The van der Waals surface area contributed by atoms with Crippen molar-refractivity contribution in [2.45, 2.75) is 5.51 Å². The first-order chi connectivity index (χ1) is 9.31. The summed E-state index contributed by atoms with van der Waals surface area (Å²) in [6.07, 6.45) is 2.74. The molecule has 2 rings (SSSR count). The highest BCUT2D eigenvalue weighted by molar-refractivity contribution is 7.88. The molecule has 0 amide bonds. The van der Waals surface area contributed by atoms with E-state index in [9.17, 15) is 21.6 Å². The van der Waals surface area contributed by atoms with E-state index in [0.29, 0.717) is 0 Å². The molecule has 106 valence electrons. The molecule has 0 bridgehead atoms. The van der Waals surface area contributed by atoms with Gasteiger partial charge in [0.05, 0.1) is 5.56 Å². The van der Waals surface area contributed by atoms with E-state index >= 15 is 0 Å². The molecule has 9 heteroatoms. The molecule has 0 aliphatic heterocycles. The van der Waals surface area contributed by atoms with Crippen molar-refractivity contribution in [2.75, 3.05) is 0 Å². The van der Waals surface area contributed by atoms with Gasteiger partial charge in [0, 0.05) is 12.4 Å². The number of alkyl halides is 3. The third-order valence-electron chi connectivity index (χ3n) is 2.18. The SMILES string of the molecule is O=S(=O)(Oc1ccccc1-c1ncccn1)C(F)(F)F. The van der Waals surface area contributed by atoms with Gasteiger partial charge < -0.3 is 4.18 Å². The van der Waals surface area contributed by atoms with Gasteiger partial charge in [-0.1, -0.05) is 12.1 Å². The molecule has 0 atom stereocenters. The fourth-order valence-electron chi connectivity index (χ4n) is 1.33. The molecule has 0 aliphatic carbocycles. The molecular weight excluding hydrogens is 297 g/mol. The van der Waals surface area contributed by atoms with Crippen molar-refractivity contribution < 1.29 is 25.8 Å². The Morgan fingerprint density at radius 1 is 1.00 bits per heavy atom. The Morgan fingerprint density at radius 3 is 2.20 bits per heavy atom. The van der Waals surface area contributed by atoms with Crippen molar-refractivity contribution in [1.29, 1.82) is 0 Å². The number of hydrogen-bond acceptors (Lipinski definition) is 5. The second-order valence-corrected chi connectivity index (χ2v) is 5.09. The quantitative estimate of drug-likeness (QED) is 0.643. The van der Waals surface area contributed by atoms with Gasteiger partial charge in [0.25, 0.3) is 0 Å². The molecule has 0 unspecified atom stereocenters. The molecule has 0 saturated heterocycles. The summed E-state index contributed by atoms with van der Waals surface area (Å²) in [6.45, 7) is 0. The standard InChI is InChI=1S/C11H7F3N2O3S/c12-11(13,14)20(17,18)19-9-5-2-1-4-8(9)10-15-6-3-7-16-10/h1-7H. The Balaban J connectivity index is 2.45. The van der Waals surface area contributed by atoms with Crippen molar-refractivity contribution in [3.8, 4) is 17.1 Å². The number of nitrogens with zero attached hydrogens (tertiary/aromatic N) is 2. The highest BCUT2D eigenvalue weighted by Crippen LogP contribution is 2.32. The van der Waals surface area contributed by atoms with E-state index in [1.165, 1.54) is 36.7 Å². The molecule has 0 saturated carbocycles. The van der Waals surface area contributed by atoms with Crippen molar-refractivity contribution in [3.63, 3.8) is 0 Å². The molecule has 2 aromatic rings. The molecule has 0 N–H and O–H groups in total. The minimum Gasteiger partial charge on any atom is -0.375 e. The van der Waals surface area contributed by atoms with Gasteiger partial charge in [-0.15, -0.1) is 0 Å². The van der Waals surface area contributed by atoms with Gasteiger partial charge in [0.15, 0.2) is 11.6 Å². The zero-order valence-electron chi connectivity index (χ0n) is 9.70. The summed E-state index contributed by atoms with van der Waals surface area (Å²) in [7, 11) is -5.74. The van der Waals surface area contributed by atoms with Crippen LogP contribution in [0.5, 0.6) is 5.75 Å². The lowest BCUT2D eigenvalue weighted by atomic mass is 10.2. The van der Waals surface area contributed by atoms with Crippen molar-refractivity contribution >= 4 is 10.1 Å². The maximum absolute atomic E-state index is 12.3. The number of rotatable bonds is 3. The van der Waals surface area contributed by atoms with Crippen LogP contribution >= 0.6 is 0 Å². The van der Waals surface area contributed by atoms with Gasteiger partial charge in [0.2, 0.25) is 0 Å². The average Bonchev–Trinajstić information content (AvgIpc) is 2.38. The molecule has 1 aromatic heterocycles. The summed E-state index contributed by atoms with van der Waals surface area (Å²) >= 11 is 0. The highest BCUT2D eigenvalue weighted by atomic mass is 32.2. The van der Waals surface area contributed by atoms with Crippen LogP contribution in [-0.2, 0) is 10.1 Å². The molecular formula is C11H7F3N2O3S. The van der Waals surface area contributed by atoms with Gasteiger partial charge in [-0.25, -0.2) is 9.97 Å². The topological polar surface area (TPSA) is 69.2 Å². The zero-order chi connectivity index (χ0) is 14.8. The second kappa shape index (κ2) is 5.08. The number of halogens is 3. The number of benzene rings is 1. The van der Waals surface area contributed by atoms with Gasteiger partial charge in [0.1, 0.15) is 0 Å². The van der Waals surface area contributed by atoms with Crippen LogP contribution in [0.3, 0.4) is 0 Å². The van der Waals surface area contributed by atoms with Gasteiger partial charge in [-0.3, -0.25) is 0 Å².